The molecule has 0 radical (unpaired) electrons. The molecule has 21 heavy (non-hydrogen) atoms. The predicted octanol–water partition coefficient (Wildman–Crippen LogP) is 3.42. The van der Waals surface area contributed by atoms with Crippen LogP contribution in [0.15, 0.2) is 6.07 Å². The molecule has 112 valence electrons. The largest absolute Gasteiger partial charge is 0.465 e. The van der Waals surface area contributed by atoms with Crippen molar-refractivity contribution >= 4 is 39.7 Å². The molecule has 0 fully saturated rings. The quantitative estimate of drug-likeness (QED) is 0.875. The van der Waals surface area contributed by atoms with Gasteiger partial charge in [0.1, 0.15) is 4.88 Å². The van der Waals surface area contributed by atoms with Gasteiger partial charge in [0.05, 0.1) is 17.7 Å². The standard InChI is InChI=1S/C14H16N2O3S2/c1-5-9-7(2)6-10(20-9)12(17)16-14-15-8(3)11(21-14)13(18)19-4/h6H,5H2,1-4H3,(H,15,16,17). The number of carbonyl (C=O) groups excluding carboxylic acids is 2. The number of esters is 1. The molecule has 0 saturated heterocycles. The third-order valence-electron chi connectivity index (χ3n) is 2.95. The third-order valence-corrected chi connectivity index (χ3v) is 5.39. The second-order valence-electron chi connectivity index (χ2n) is 4.45. The number of carbonyl (C=O) groups is 2. The summed E-state index contributed by atoms with van der Waals surface area (Å²) in [6.07, 6.45) is 0.909. The van der Waals surface area contributed by atoms with Gasteiger partial charge in [0, 0.05) is 4.88 Å². The Bertz CT molecular complexity index is 688. The summed E-state index contributed by atoms with van der Waals surface area (Å²) in [6.45, 7) is 5.77. The number of aromatic nitrogens is 1. The first-order chi connectivity index (χ1) is 9.96. The highest BCUT2D eigenvalue weighted by molar-refractivity contribution is 7.18. The van der Waals surface area contributed by atoms with E-state index in [4.69, 9.17) is 0 Å². The zero-order valence-electron chi connectivity index (χ0n) is 12.3. The number of ether oxygens (including phenoxy) is 1. The molecule has 0 aliphatic rings. The Kier molecular flexibility index (Phi) is 4.74. The van der Waals surface area contributed by atoms with Crippen LogP contribution < -0.4 is 5.32 Å². The van der Waals surface area contributed by atoms with Crippen LogP contribution in [-0.4, -0.2) is 24.0 Å². The SMILES string of the molecule is CCc1sc(C(=O)Nc2nc(C)c(C(=O)OC)s2)cc1C. The average Bonchev–Trinajstić information content (AvgIpc) is 3.01. The van der Waals surface area contributed by atoms with Crippen LogP contribution in [0.5, 0.6) is 0 Å². The van der Waals surface area contributed by atoms with Gasteiger partial charge in [-0.2, -0.15) is 0 Å². The maximum absolute atomic E-state index is 12.2. The predicted molar refractivity (Wildman–Crippen MR) is 84.6 cm³/mol. The van der Waals surface area contributed by atoms with Crippen LogP contribution in [0.4, 0.5) is 5.13 Å². The van der Waals surface area contributed by atoms with E-state index in [0.29, 0.717) is 20.6 Å². The van der Waals surface area contributed by atoms with Crippen LogP contribution in [0.3, 0.4) is 0 Å². The Morgan fingerprint density at radius 2 is 2.05 bits per heavy atom. The molecule has 0 bridgehead atoms. The van der Waals surface area contributed by atoms with Crippen molar-refractivity contribution in [1.29, 1.82) is 0 Å². The van der Waals surface area contributed by atoms with Gasteiger partial charge >= 0.3 is 5.97 Å². The van der Waals surface area contributed by atoms with Crippen molar-refractivity contribution in [2.45, 2.75) is 27.2 Å². The highest BCUT2D eigenvalue weighted by Gasteiger charge is 2.18. The fourth-order valence-corrected chi connectivity index (χ4v) is 3.76. The molecular formula is C14H16N2O3S2. The zero-order chi connectivity index (χ0) is 15.6. The van der Waals surface area contributed by atoms with E-state index in [-0.39, 0.29) is 5.91 Å². The number of thiazole rings is 1. The lowest BCUT2D eigenvalue weighted by Crippen LogP contribution is -2.09. The van der Waals surface area contributed by atoms with Gasteiger partial charge < -0.3 is 4.74 Å². The van der Waals surface area contributed by atoms with Crippen molar-refractivity contribution in [3.05, 3.63) is 32.0 Å². The van der Waals surface area contributed by atoms with E-state index in [1.807, 2.05) is 13.0 Å². The van der Waals surface area contributed by atoms with Crippen molar-refractivity contribution in [2.75, 3.05) is 12.4 Å². The minimum Gasteiger partial charge on any atom is -0.465 e. The van der Waals surface area contributed by atoms with E-state index in [2.05, 4.69) is 22.0 Å². The number of nitrogens with zero attached hydrogens (tertiary/aromatic N) is 1. The second kappa shape index (κ2) is 6.36. The molecule has 0 aliphatic heterocycles. The number of aryl methyl sites for hydroxylation is 3. The molecule has 0 unspecified atom stereocenters. The van der Waals surface area contributed by atoms with Crippen molar-refractivity contribution in [1.82, 2.24) is 4.98 Å². The molecular weight excluding hydrogens is 308 g/mol. The molecule has 2 aromatic heterocycles. The lowest BCUT2D eigenvalue weighted by Gasteiger charge is -1.97. The summed E-state index contributed by atoms with van der Waals surface area (Å²) in [5.74, 6) is -0.640. The van der Waals surface area contributed by atoms with Crippen LogP contribution >= 0.6 is 22.7 Å². The zero-order valence-corrected chi connectivity index (χ0v) is 13.9. The molecule has 1 amide bonds. The lowest BCUT2D eigenvalue weighted by molar-refractivity contribution is 0.0605. The van der Waals surface area contributed by atoms with Crippen LogP contribution in [0.1, 0.15) is 42.4 Å². The molecule has 5 nitrogen and oxygen atoms in total. The smallest absolute Gasteiger partial charge is 0.350 e. The molecule has 0 saturated carbocycles. The van der Waals surface area contributed by atoms with Crippen LogP contribution in [-0.2, 0) is 11.2 Å². The van der Waals surface area contributed by atoms with E-state index in [0.717, 1.165) is 23.3 Å². The Morgan fingerprint density at radius 3 is 2.62 bits per heavy atom. The summed E-state index contributed by atoms with van der Waals surface area (Å²) in [4.78, 5) is 30.2. The first-order valence-electron chi connectivity index (χ1n) is 6.42. The van der Waals surface area contributed by atoms with Crippen molar-refractivity contribution in [3.8, 4) is 0 Å². The molecule has 1 N–H and O–H groups in total. The minimum atomic E-state index is -0.439. The van der Waals surface area contributed by atoms with Gasteiger partial charge in [-0.1, -0.05) is 18.3 Å². The summed E-state index contributed by atoms with van der Waals surface area (Å²) >= 11 is 2.60. The highest BCUT2D eigenvalue weighted by atomic mass is 32.1. The van der Waals surface area contributed by atoms with E-state index in [1.165, 1.54) is 23.3 Å². The van der Waals surface area contributed by atoms with Gasteiger partial charge in [-0.25, -0.2) is 9.78 Å². The monoisotopic (exact) mass is 324 g/mol. The van der Waals surface area contributed by atoms with Crippen LogP contribution in [0.2, 0.25) is 0 Å². The molecule has 7 heteroatoms. The minimum absolute atomic E-state index is 0.201. The third kappa shape index (κ3) is 3.30. The number of thiophene rings is 1. The van der Waals surface area contributed by atoms with Gasteiger partial charge in [-0.15, -0.1) is 11.3 Å². The fourth-order valence-electron chi connectivity index (χ4n) is 1.87. The van der Waals surface area contributed by atoms with Crippen LogP contribution in [0, 0.1) is 13.8 Å². The van der Waals surface area contributed by atoms with Gasteiger partial charge in [-0.3, -0.25) is 10.1 Å². The normalized spacial score (nSPS) is 10.5. The Labute approximate surface area is 131 Å². The molecule has 2 heterocycles. The highest BCUT2D eigenvalue weighted by Crippen LogP contribution is 2.26. The number of hydrogen-bond donors (Lipinski definition) is 1. The molecule has 0 spiro atoms. The van der Waals surface area contributed by atoms with E-state index in [9.17, 15) is 9.59 Å². The molecule has 0 aliphatic carbocycles. The molecule has 2 aromatic rings. The number of anilines is 1. The first kappa shape index (κ1) is 15.7. The van der Waals surface area contributed by atoms with Crippen molar-refractivity contribution in [3.63, 3.8) is 0 Å². The Morgan fingerprint density at radius 1 is 1.33 bits per heavy atom. The number of methoxy groups -OCH3 is 1. The second-order valence-corrected chi connectivity index (χ2v) is 6.59. The summed E-state index contributed by atoms with van der Waals surface area (Å²) in [7, 11) is 1.32. The number of amides is 1. The maximum atomic E-state index is 12.2. The topological polar surface area (TPSA) is 68.3 Å². The maximum Gasteiger partial charge on any atom is 0.350 e. The van der Waals surface area contributed by atoms with Crippen molar-refractivity contribution in [2.24, 2.45) is 0 Å². The van der Waals surface area contributed by atoms with E-state index < -0.39 is 5.97 Å². The number of hydrogen-bond acceptors (Lipinski definition) is 6. The molecule has 0 atom stereocenters. The first-order valence-corrected chi connectivity index (χ1v) is 8.06. The summed E-state index contributed by atoms with van der Waals surface area (Å²) < 4.78 is 4.67. The van der Waals surface area contributed by atoms with Crippen molar-refractivity contribution < 1.29 is 14.3 Å². The van der Waals surface area contributed by atoms with Gasteiger partial charge in [0.25, 0.3) is 5.91 Å². The van der Waals surface area contributed by atoms with E-state index >= 15 is 0 Å². The fraction of sp³-hybridized carbons (Fsp3) is 0.357. The molecule has 2 rings (SSSR count). The summed E-state index contributed by atoms with van der Waals surface area (Å²) in [5.41, 5.74) is 1.68. The summed E-state index contributed by atoms with van der Waals surface area (Å²) in [6, 6.07) is 1.88. The summed E-state index contributed by atoms with van der Waals surface area (Å²) in [5, 5.41) is 3.14. The Balaban J connectivity index is 2.17. The van der Waals surface area contributed by atoms with Gasteiger partial charge in [0.2, 0.25) is 0 Å². The average molecular weight is 324 g/mol. The lowest BCUT2D eigenvalue weighted by atomic mass is 10.2. The van der Waals surface area contributed by atoms with E-state index in [1.54, 1.807) is 6.92 Å². The van der Waals surface area contributed by atoms with Gasteiger partial charge in [0.15, 0.2) is 5.13 Å². The Hall–Kier alpha value is -1.73. The molecule has 0 aromatic carbocycles. The van der Waals surface area contributed by atoms with Crippen LogP contribution in [0.25, 0.3) is 0 Å². The number of rotatable bonds is 4. The number of nitrogens with one attached hydrogen (secondary N) is 1. The van der Waals surface area contributed by atoms with Gasteiger partial charge in [-0.05, 0) is 31.9 Å².